The van der Waals surface area contributed by atoms with Crippen LogP contribution in [0.5, 0.6) is 17.2 Å². The van der Waals surface area contributed by atoms with Gasteiger partial charge in [-0.15, -0.1) is 11.8 Å². The highest BCUT2D eigenvalue weighted by molar-refractivity contribution is 8.00. The number of aromatic hydroxyl groups is 1. The maximum Gasteiger partial charge on any atom is 0.305 e. The second-order valence-electron chi connectivity index (χ2n) is 9.71. The summed E-state index contributed by atoms with van der Waals surface area (Å²) < 4.78 is 10.8. The molecule has 3 heterocycles. The number of hydrogen-bond donors (Lipinski definition) is 3. The minimum atomic E-state index is -1.05. The molecule has 2 aliphatic carbocycles. The normalized spacial score (nSPS) is 31.8. The van der Waals surface area contributed by atoms with E-state index >= 15 is 0 Å². The number of nitrogens with zero attached hydrogens (tertiary/aromatic N) is 1. The number of aliphatic carboxylic acids is 1. The number of likely N-dealkylation sites (tertiary alicyclic amines) is 1. The Kier molecular flexibility index (Phi) is 5.38. The molecule has 10 nitrogen and oxygen atoms in total. The second-order valence-corrected chi connectivity index (χ2v) is 11.9. The predicted molar refractivity (Wildman–Crippen MR) is 129 cm³/mol. The Balaban J connectivity index is 1.45. The number of amides is 2. The van der Waals surface area contributed by atoms with Crippen LogP contribution < -0.4 is 14.3 Å². The number of benzene rings is 1. The van der Waals surface area contributed by atoms with Crippen molar-refractivity contribution in [1.29, 1.82) is 0 Å². The van der Waals surface area contributed by atoms with Crippen LogP contribution >= 0.6 is 23.1 Å². The molecular formula is C24H24N2O8S2. The number of rotatable bonds is 6. The lowest BCUT2D eigenvalue weighted by atomic mass is 9.68. The number of H-pyrrole nitrogens is 1. The lowest BCUT2D eigenvalue weighted by molar-refractivity contribution is -0.142. The number of carbonyl (C=O) groups excluding carboxylic acids is 2. The standard InChI is InChI=1S/C24H24N2O8S2/c1-33-11-5-8(6-12(34-2)18(11)29)14-15-9-7-10(19(15)35-21-20(14)36-24(32)25-21)17-16(9)22(30)26(23(17)31)4-3-13(27)28/h5-6,9-10,14-17,19,29H,3-4,7H2,1-2H3,(H,25,32)(H,27,28)/t9-,10+,14+,15+,16+,17-,19-/m1/s1. The molecule has 2 bridgehead atoms. The van der Waals surface area contributed by atoms with E-state index in [4.69, 9.17) is 14.6 Å². The van der Waals surface area contributed by atoms with Crippen LogP contribution in [0.4, 0.5) is 0 Å². The Morgan fingerprint density at radius 3 is 2.36 bits per heavy atom. The minimum Gasteiger partial charge on any atom is -0.502 e. The lowest BCUT2D eigenvalue weighted by Gasteiger charge is -2.43. The van der Waals surface area contributed by atoms with Gasteiger partial charge < -0.3 is 24.7 Å². The number of phenolic OH excluding ortho intramolecular Hbond substituents is 1. The van der Waals surface area contributed by atoms with Crippen LogP contribution in [-0.2, 0) is 14.4 Å². The highest BCUT2D eigenvalue weighted by Crippen LogP contribution is 2.68. The molecule has 1 aromatic carbocycles. The number of fused-ring (bicyclic) bond motifs is 9. The van der Waals surface area contributed by atoms with Crippen LogP contribution in [0.3, 0.4) is 0 Å². The summed E-state index contributed by atoms with van der Waals surface area (Å²) in [5.41, 5.74) is 0.803. The zero-order valence-electron chi connectivity index (χ0n) is 19.4. The van der Waals surface area contributed by atoms with Crippen LogP contribution in [0.15, 0.2) is 22.0 Å². The van der Waals surface area contributed by atoms with Crippen LogP contribution in [0.2, 0.25) is 0 Å². The smallest absolute Gasteiger partial charge is 0.305 e. The van der Waals surface area contributed by atoms with E-state index in [9.17, 15) is 24.3 Å². The molecule has 2 aromatic rings. The molecule has 7 atom stereocenters. The molecule has 36 heavy (non-hydrogen) atoms. The third-order valence-corrected chi connectivity index (χ3v) is 10.8. The van der Waals surface area contributed by atoms with Gasteiger partial charge in [0.25, 0.3) is 0 Å². The van der Waals surface area contributed by atoms with E-state index in [1.54, 1.807) is 23.9 Å². The first kappa shape index (κ1) is 23.4. The number of thioether (sulfide) groups is 1. The molecule has 0 radical (unpaired) electrons. The summed E-state index contributed by atoms with van der Waals surface area (Å²) in [6, 6.07) is 3.49. The van der Waals surface area contributed by atoms with Crippen molar-refractivity contribution in [2.75, 3.05) is 20.8 Å². The van der Waals surface area contributed by atoms with Gasteiger partial charge in [0, 0.05) is 22.6 Å². The molecule has 2 aliphatic heterocycles. The Bertz CT molecular complexity index is 1330. The molecule has 3 fully saturated rings. The van der Waals surface area contributed by atoms with Crippen molar-refractivity contribution in [3.8, 4) is 17.2 Å². The van der Waals surface area contributed by atoms with E-state index in [1.807, 2.05) is 0 Å². The number of ether oxygens (including phenoxy) is 2. The monoisotopic (exact) mass is 532 g/mol. The lowest BCUT2D eigenvalue weighted by Crippen LogP contribution is -2.42. The van der Waals surface area contributed by atoms with Crippen molar-refractivity contribution in [3.05, 3.63) is 32.2 Å². The fourth-order valence-electron chi connectivity index (χ4n) is 6.97. The van der Waals surface area contributed by atoms with Crippen molar-refractivity contribution < 1.29 is 34.1 Å². The zero-order valence-corrected chi connectivity index (χ0v) is 21.1. The van der Waals surface area contributed by atoms with Gasteiger partial charge in [-0.1, -0.05) is 11.3 Å². The molecule has 12 heteroatoms. The van der Waals surface area contributed by atoms with Crippen molar-refractivity contribution in [1.82, 2.24) is 9.88 Å². The van der Waals surface area contributed by atoms with Gasteiger partial charge in [0.05, 0.1) is 37.5 Å². The Morgan fingerprint density at radius 2 is 1.75 bits per heavy atom. The number of methoxy groups -OCH3 is 2. The van der Waals surface area contributed by atoms with E-state index in [2.05, 4.69) is 4.98 Å². The molecule has 0 unspecified atom stereocenters. The zero-order chi connectivity index (χ0) is 25.5. The van der Waals surface area contributed by atoms with Gasteiger partial charge in [0.1, 0.15) is 0 Å². The molecule has 190 valence electrons. The molecular weight excluding hydrogens is 508 g/mol. The maximum absolute atomic E-state index is 13.4. The van der Waals surface area contributed by atoms with Gasteiger partial charge in [-0.3, -0.25) is 24.1 Å². The summed E-state index contributed by atoms with van der Waals surface area (Å²) in [4.78, 5) is 54.9. The van der Waals surface area contributed by atoms with Crippen LogP contribution in [0.25, 0.3) is 0 Å². The third-order valence-electron chi connectivity index (χ3n) is 8.23. The number of carbonyl (C=O) groups is 3. The van der Waals surface area contributed by atoms with Crippen LogP contribution in [0.1, 0.15) is 29.2 Å². The number of carboxylic acids is 1. The van der Waals surface area contributed by atoms with E-state index in [1.165, 1.54) is 14.2 Å². The number of phenols is 1. The number of nitrogens with one attached hydrogen (secondary N) is 1. The number of hydrogen-bond acceptors (Lipinski definition) is 9. The largest absolute Gasteiger partial charge is 0.502 e. The van der Waals surface area contributed by atoms with Gasteiger partial charge in [-0.2, -0.15) is 0 Å². The van der Waals surface area contributed by atoms with Gasteiger partial charge >= 0.3 is 10.8 Å². The SMILES string of the molecule is COc1cc([C@@H]2c3sc(=O)[nH]c3S[C@@H]3[C@H]4C[C@@H]([C@@H]5C(=O)N(CCC(=O)O)C(=O)[C@H]45)[C@@H]23)cc(OC)c1O. The average molecular weight is 533 g/mol. The van der Waals surface area contributed by atoms with E-state index in [-0.39, 0.29) is 75.8 Å². The van der Waals surface area contributed by atoms with Crippen molar-refractivity contribution in [3.63, 3.8) is 0 Å². The Morgan fingerprint density at radius 1 is 1.11 bits per heavy atom. The van der Waals surface area contributed by atoms with Gasteiger partial charge in [-0.25, -0.2) is 0 Å². The summed E-state index contributed by atoms with van der Waals surface area (Å²) in [5.74, 6) is -2.61. The second kappa shape index (κ2) is 8.27. The molecule has 1 saturated heterocycles. The average Bonchev–Trinajstić information content (AvgIpc) is 3.57. The summed E-state index contributed by atoms with van der Waals surface area (Å²) in [7, 11) is 2.91. The number of carboxylic acid groups (broad SMARTS) is 1. The fourth-order valence-corrected chi connectivity index (χ4v) is 9.86. The Labute approximate surface area is 213 Å². The van der Waals surface area contributed by atoms with E-state index in [0.29, 0.717) is 0 Å². The van der Waals surface area contributed by atoms with Crippen molar-refractivity contribution in [2.45, 2.75) is 29.0 Å². The molecule has 4 aliphatic rings. The Hall–Kier alpha value is -2.99. The van der Waals surface area contributed by atoms with Gasteiger partial charge in [0.2, 0.25) is 17.6 Å². The van der Waals surface area contributed by atoms with E-state index < -0.39 is 17.8 Å². The van der Waals surface area contributed by atoms with Crippen LogP contribution in [0, 0.1) is 29.6 Å². The summed E-state index contributed by atoms with van der Waals surface area (Å²) in [6.45, 7) is -0.113. The van der Waals surface area contributed by atoms with Gasteiger partial charge in [0.15, 0.2) is 11.5 Å². The first-order valence-corrected chi connectivity index (χ1v) is 13.4. The minimum absolute atomic E-state index is 0.000895. The molecule has 2 saturated carbocycles. The number of imide groups is 1. The summed E-state index contributed by atoms with van der Waals surface area (Å²) in [6.07, 6.45) is 0.450. The number of aromatic nitrogens is 1. The van der Waals surface area contributed by atoms with E-state index in [0.717, 1.165) is 38.1 Å². The first-order chi connectivity index (χ1) is 17.2. The highest BCUT2D eigenvalue weighted by Gasteiger charge is 2.69. The van der Waals surface area contributed by atoms with Crippen molar-refractivity contribution >= 4 is 40.9 Å². The fraction of sp³-hybridized carbons (Fsp3) is 0.500. The topological polar surface area (TPSA) is 146 Å². The number of thiazole rings is 1. The molecule has 0 spiro atoms. The summed E-state index contributed by atoms with van der Waals surface area (Å²) >= 11 is 2.71. The predicted octanol–water partition coefficient (Wildman–Crippen LogP) is 2.11. The summed E-state index contributed by atoms with van der Waals surface area (Å²) in [5, 5.41) is 20.3. The quantitative estimate of drug-likeness (QED) is 0.476. The van der Waals surface area contributed by atoms with Gasteiger partial charge in [-0.05, 0) is 41.9 Å². The molecule has 3 N–H and O–H groups in total. The van der Waals surface area contributed by atoms with Crippen molar-refractivity contribution in [2.24, 2.45) is 29.6 Å². The number of aromatic amines is 1. The molecule has 2 amide bonds. The third kappa shape index (κ3) is 3.16. The first-order valence-electron chi connectivity index (χ1n) is 11.7. The molecule has 6 rings (SSSR count). The van der Waals surface area contributed by atoms with Crippen LogP contribution in [-0.4, -0.2) is 63.9 Å². The molecule has 1 aromatic heterocycles. The maximum atomic E-state index is 13.4. The highest BCUT2D eigenvalue weighted by atomic mass is 32.2.